The maximum Gasteiger partial charge on any atom is 0.339 e. The van der Waals surface area contributed by atoms with Crippen molar-refractivity contribution in [1.29, 1.82) is 0 Å². The van der Waals surface area contributed by atoms with Gasteiger partial charge >= 0.3 is 5.97 Å². The highest BCUT2D eigenvalue weighted by Crippen LogP contribution is 2.19. The zero-order chi connectivity index (χ0) is 13.8. The van der Waals surface area contributed by atoms with E-state index < -0.39 is 17.6 Å². The minimum absolute atomic E-state index is 0.0661. The molecule has 19 heavy (non-hydrogen) atoms. The zero-order valence-corrected chi connectivity index (χ0v) is 11.3. The molecule has 0 amide bonds. The van der Waals surface area contributed by atoms with Gasteiger partial charge in [-0.1, -0.05) is 18.2 Å². The molecule has 5 heteroatoms. The molecule has 0 unspecified atom stereocenters. The van der Waals surface area contributed by atoms with Crippen LogP contribution in [0, 0.1) is 11.6 Å². The van der Waals surface area contributed by atoms with E-state index >= 15 is 0 Å². The molecular formula is C14H9BrF2O2. The minimum Gasteiger partial charge on any atom is -0.457 e. The average Bonchev–Trinajstić information content (AvgIpc) is 2.40. The van der Waals surface area contributed by atoms with E-state index in [2.05, 4.69) is 15.9 Å². The summed E-state index contributed by atoms with van der Waals surface area (Å²) in [7, 11) is 0. The van der Waals surface area contributed by atoms with Crippen molar-refractivity contribution in [1.82, 2.24) is 0 Å². The lowest BCUT2D eigenvalue weighted by atomic mass is 10.2. The zero-order valence-electron chi connectivity index (χ0n) is 9.70. The van der Waals surface area contributed by atoms with Crippen LogP contribution >= 0.6 is 15.9 Å². The number of carbonyl (C=O) groups is 1. The molecule has 0 radical (unpaired) electrons. The Morgan fingerprint density at radius 3 is 2.63 bits per heavy atom. The number of hydrogen-bond acceptors (Lipinski definition) is 2. The summed E-state index contributed by atoms with van der Waals surface area (Å²) in [5.74, 6) is -1.70. The number of benzene rings is 2. The van der Waals surface area contributed by atoms with Gasteiger partial charge in [0, 0.05) is 10.0 Å². The van der Waals surface area contributed by atoms with Crippen molar-refractivity contribution in [2.75, 3.05) is 0 Å². The topological polar surface area (TPSA) is 26.3 Å². The molecule has 0 aliphatic heterocycles. The first-order chi connectivity index (χ1) is 9.08. The number of hydrogen-bond donors (Lipinski definition) is 0. The standard InChI is InChI=1S/C14H9BrF2O2/c15-12-6-5-10(16)7-11(12)14(18)19-8-9-3-1-2-4-13(9)17/h1-7H,8H2. The van der Waals surface area contributed by atoms with Crippen molar-refractivity contribution < 1.29 is 18.3 Å². The third-order valence-corrected chi connectivity index (χ3v) is 3.16. The molecule has 2 rings (SSSR count). The number of esters is 1. The molecule has 2 aromatic rings. The molecule has 0 saturated heterocycles. The van der Waals surface area contributed by atoms with Crippen LogP contribution in [-0.2, 0) is 11.3 Å². The Bertz CT molecular complexity index is 614. The highest BCUT2D eigenvalue weighted by Gasteiger charge is 2.13. The Labute approximate surface area is 117 Å². The van der Waals surface area contributed by atoms with Gasteiger partial charge in [0.05, 0.1) is 5.56 Å². The lowest BCUT2D eigenvalue weighted by Gasteiger charge is -2.07. The van der Waals surface area contributed by atoms with E-state index in [1.807, 2.05) is 0 Å². The van der Waals surface area contributed by atoms with Crippen LogP contribution in [-0.4, -0.2) is 5.97 Å². The molecule has 0 atom stereocenters. The molecule has 0 aliphatic rings. The third kappa shape index (κ3) is 3.38. The van der Waals surface area contributed by atoms with Crippen molar-refractivity contribution in [3.8, 4) is 0 Å². The first-order valence-electron chi connectivity index (χ1n) is 5.43. The molecule has 0 saturated carbocycles. The number of ether oxygens (including phenoxy) is 1. The Morgan fingerprint density at radius 2 is 1.89 bits per heavy atom. The second-order valence-corrected chi connectivity index (χ2v) is 4.65. The smallest absolute Gasteiger partial charge is 0.339 e. The summed E-state index contributed by atoms with van der Waals surface area (Å²) in [6, 6.07) is 9.68. The predicted octanol–water partition coefficient (Wildman–Crippen LogP) is 4.08. The molecule has 0 N–H and O–H groups in total. The lowest BCUT2D eigenvalue weighted by molar-refractivity contribution is 0.0467. The Balaban J connectivity index is 2.10. The molecule has 2 nitrogen and oxygen atoms in total. The summed E-state index contributed by atoms with van der Waals surface area (Å²) in [6.07, 6.45) is 0. The third-order valence-electron chi connectivity index (χ3n) is 2.46. The first kappa shape index (κ1) is 13.7. The van der Waals surface area contributed by atoms with Gasteiger partial charge in [0.1, 0.15) is 18.2 Å². The van der Waals surface area contributed by atoms with Crippen molar-refractivity contribution in [3.05, 3.63) is 69.7 Å². The van der Waals surface area contributed by atoms with Gasteiger partial charge in [-0.15, -0.1) is 0 Å². The fourth-order valence-electron chi connectivity index (χ4n) is 1.49. The highest BCUT2D eigenvalue weighted by atomic mass is 79.9. The Morgan fingerprint density at radius 1 is 1.16 bits per heavy atom. The average molecular weight is 327 g/mol. The minimum atomic E-state index is -0.713. The van der Waals surface area contributed by atoms with Crippen LogP contribution in [0.25, 0.3) is 0 Å². The van der Waals surface area contributed by atoms with Crippen LogP contribution in [0.4, 0.5) is 8.78 Å². The van der Waals surface area contributed by atoms with E-state index in [1.165, 1.54) is 24.3 Å². The molecule has 0 heterocycles. The monoisotopic (exact) mass is 326 g/mol. The number of halogens is 3. The van der Waals surface area contributed by atoms with Crippen LogP contribution < -0.4 is 0 Å². The highest BCUT2D eigenvalue weighted by molar-refractivity contribution is 9.10. The van der Waals surface area contributed by atoms with Crippen LogP contribution in [0.2, 0.25) is 0 Å². The van der Waals surface area contributed by atoms with Crippen LogP contribution in [0.5, 0.6) is 0 Å². The molecule has 0 bridgehead atoms. The Kier molecular flexibility index (Phi) is 4.27. The Hall–Kier alpha value is -1.75. The van der Waals surface area contributed by atoms with E-state index in [0.717, 1.165) is 6.07 Å². The van der Waals surface area contributed by atoms with Gasteiger partial charge in [-0.25, -0.2) is 13.6 Å². The molecule has 0 aliphatic carbocycles. The summed E-state index contributed by atoms with van der Waals surface area (Å²) in [6.45, 7) is -0.200. The quantitative estimate of drug-likeness (QED) is 0.794. The van der Waals surface area contributed by atoms with Gasteiger partial charge in [-0.05, 0) is 40.2 Å². The molecule has 0 aromatic heterocycles. The van der Waals surface area contributed by atoms with E-state index in [-0.39, 0.29) is 17.7 Å². The normalized spacial score (nSPS) is 10.3. The van der Waals surface area contributed by atoms with E-state index in [1.54, 1.807) is 12.1 Å². The summed E-state index contributed by atoms with van der Waals surface area (Å²) in [4.78, 5) is 11.8. The van der Waals surface area contributed by atoms with Crippen LogP contribution in [0.3, 0.4) is 0 Å². The van der Waals surface area contributed by atoms with Crippen molar-refractivity contribution in [2.45, 2.75) is 6.61 Å². The van der Waals surface area contributed by atoms with Gasteiger partial charge in [-0.2, -0.15) is 0 Å². The fourth-order valence-corrected chi connectivity index (χ4v) is 1.90. The van der Waals surface area contributed by atoms with Crippen molar-refractivity contribution in [2.24, 2.45) is 0 Å². The van der Waals surface area contributed by atoms with Gasteiger partial charge in [0.2, 0.25) is 0 Å². The van der Waals surface area contributed by atoms with Crippen molar-refractivity contribution in [3.63, 3.8) is 0 Å². The predicted molar refractivity (Wildman–Crippen MR) is 69.6 cm³/mol. The summed E-state index contributed by atoms with van der Waals surface area (Å²) in [5.41, 5.74) is 0.333. The first-order valence-corrected chi connectivity index (χ1v) is 6.23. The number of carbonyl (C=O) groups excluding carboxylic acids is 1. The maximum absolute atomic E-state index is 13.3. The van der Waals surface area contributed by atoms with Gasteiger partial charge in [-0.3, -0.25) is 0 Å². The number of rotatable bonds is 3. The van der Waals surface area contributed by atoms with Crippen LogP contribution in [0.15, 0.2) is 46.9 Å². The largest absolute Gasteiger partial charge is 0.457 e. The summed E-state index contributed by atoms with van der Waals surface area (Å²) in [5, 5.41) is 0. The van der Waals surface area contributed by atoms with Crippen LogP contribution in [0.1, 0.15) is 15.9 Å². The van der Waals surface area contributed by atoms with E-state index in [9.17, 15) is 13.6 Å². The molecule has 2 aromatic carbocycles. The molecule has 0 fully saturated rings. The summed E-state index contributed by atoms with van der Waals surface area (Å²) >= 11 is 3.13. The SMILES string of the molecule is O=C(OCc1ccccc1F)c1cc(F)ccc1Br. The lowest BCUT2D eigenvalue weighted by Crippen LogP contribution is -2.07. The molecular weight excluding hydrogens is 318 g/mol. The maximum atomic E-state index is 13.3. The van der Waals surface area contributed by atoms with Gasteiger partial charge in [0.25, 0.3) is 0 Å². The van der Waals surface area contributed by atoms with Gasteiger partial charge in [0.15, 0.2) is 0 Å². The molecule has 0 spiro atoms. The van der Waals surface area contributed by atoms with E-state index in [0.29, 0.717) is 4.47 Å². The summed E-state index contributed by atoms with van der Waals surface area (Å²) < 4.78 is 31.8. The fraction of sp³-hybridized carbons (Fsp3) is 0.0714. The second-order valence-electron chi connectivity index (χ2n) is 3.79. The molecule has 98 valence electrons. The van der Waals surface area contributed by atoms with Gasteiger partial charge < -0.3 is 4.74 Å². The van der Waals surface area contributed by atoms with E-state index in [4.69, 9.17) is 4.74 Å². The van der Waals surface area contributed by atoms with Crippen molar-refractivity contribution >= 4 is 21.9 Å². The second kappa shape index (κ2) is 5.93.